The molecule has 0 amide bonds. The van der Waals surface area contributed by atoms with E-state index in [4.69, 9.17) is 9.15 Å². The van der Waals surface area contributed by atoms with Crippen LogP contribution in [-0.2, 0) is 16.8 Å². The number of ketones is 2. The summed E-state index contributed by atoms with van der Waals surface area (Å²) in [6, 6.07) is 3.91. The lowest BCUT2D eigenvalue weighted by molar-refractivity contribution is -0.0125. The molecule has 1 aromatic carbocycles. The van der Waals surface area contributed by atoms with Gasteiger partial charge in [0, 0.05) is 18.2 Å². The Morgan fingerprint density at radius 1 is 1.17 bits per heavy atom. The molecule has 1 atom stereocenters. The zero-order chi connectivity index (χ0) is 16.4. The van der Waals surface area contributed by atoms with Crippen LogP contribution in [0.3, 0.4) is 0 Å². The van der Waals surface area contributed by atoms with E-state index in [2.05, 4.69) is 0 Å². The van der Waals surface area contributed by atoms with Crippen molar-refractivity contribution < 1.29 is 18.7 Å². The van der Waals surface area contributed by atoms with Gasteiger partial charge in [-0.3, -0.25) is 9.59 Å². The Bertz CT molecular complexity index is 858. The number of aryl methyl sites for hydroxylation is 1. The molecule has 0 saturated carbocycles. The molecular formula is C19H18O4. The first-order valence-corrected chi connectivity index (χ1v) is 7.87. The summed E-state index contributed by atoms with van der Waals surface area (Å²) < 4.78 is 11.3. The summed E-state index contributed by atoms with van der Waals surface area (Å²) in [5.41, 5.74) is 3.91. The van der Waals surface area contributed by atoms with Gasteiger partial charge in [0.15, 0.2) is 0 Å². The summed E-state index contributed by atoms with van der Waals surface area (Å²) in [5.74, 6) is -0.361. The van der Waals surface area contributed by atoms with Gasteiger partial charge >= 0.3 is 0 Å². The van der Waals surface area contributed by atoms with Crippen LogP contribution in [0, 0.1) is 6.92 Å². The Labute approximate surface area is 134 Å². The van der Waals surface area contributed by atoms with Crippen molar-refractivity contribution in [1.82, 2.24) is 0 Å². The van der Waals surface area contributed by atoms with Gasteiger partial charge < -0.3 is 9.15 Å². The quantitative estimate of drug-likeness (QED) is 0.751. The second-order valence-corrected chi connectivity index (χ2v) is 6.58. The van der Waals surface area contributed by atoms with E-state index in [1.165, 1.54) is 0 Å². The highest BCUT2D eigenvalue weighted by Gasteiger charge is 2.40. The minimum absolute atomic E-state index is 0.410. The number of carbonyl (C=O) groups is 2. The molecule has 0 saturated heterocycles. The van der Waals surface area contributed by atoms with Gasteiger partial charge in [-0.1, -0.05) is 12.1 Å². The number of Topliss-reactive ketones (excluding diaryl/α,β-unsaturated/α-hetero) is 2. The minimum Gasteiger partial charge on any atom is -0.463 e. The van der Waals surface area contributed by atoms with E-state index in [9.17, 15) is 9.59 Å². The topological polar surface area (TPSA) is 56.5 Å². The molecule has 23 heavy (non-hydrogen) atoms. The maximum atomic E-state index is 12.8. The molecule has 0 N–H and O–H groups in total. The molecule has 0 spiro atoms. The van der Waals surface area contributed by atoms with Crippen molar-refractivity contribution in [3.63, 3.8) is 0 Å². The van der Waals surface area contributed by atoms with E-state index < -0.39 is 17.2 Å². The van der Waals surface area contributed by atoms with Gasteiger partial charge in [0.05, 0.1) is 17.4 Å². The summed E-state index contributed by atoms with van der Waals surface area (Å²) in [4.78, 5) is 25.3. The highest BCUT2D eigenvalue weighted by Crippen LogP contribution is 2.45. The number of rotatable bonds is 1. The number of carbonyl (C=O) groups excluding carboxylic acids is 2. The lowest BCUT2D eigenvalue weighted by atomic mass is 9.74. The Kier molecular flexibility index (Phi) is 2.91. The van der Waals surface area contributed by atoms with Gasteiger partial charge in [-0.2, -0.15) is 0 Å². The maximum Gasteiger partial charge on any atom is 0.237 e. The highest BCUT2D eigenvalue weighted by atomic mass is 16.5. The molecule has 4 nitrogen and oxygen atoms in total. The van der Waals surface area contributed by atoms with Crippen molar-refractivity contribution in [1.29, 1.82) is 0 Å². The molecule has 4 rings (SSSR count). The average molecular weight is 310 g/mol. The zero-order valence-corrected chi connectivity index (χ0v) is 13.5. The van der Waals surface area contributed by atoms with Gasteiger partial charge in [0.25, 0.3) is 0 Å². The molecule has 1 heterocycles. The van der Waals surface area contributed by atoms with Gasteiger partial charge in [-0.05, 0) is 49.8 Å². The normalized spacial score (nSPS) is 22.6. The number of hydrogen-bond acceptors (Lipinski definition) is 4. The number of furan rings is 1. The molecule has 118 valence electrons. The maximum absolute atomic E-state index is 12.8. The van der Waals surface area contributed by atoms with E-state index in [1.807, 2.05) is 19.1 Å². The summed E-state index contributed by atoms with van der Waals surface area (Å²) >= 11 is 0. The molecule has 0 bridgehead atoms. The second-order valence-electron chi connectivity index (χ2n) is 6.58. The zero-order valence-electron chi connectivity index (χ0n) is 13.5. The van der Waals surface area contributed by atoms with Crippen molar-refractivity contribution in [2.24, 2.45) is 0 Å². The van der Waals surface area contributed by atoms with Crippen LogP contribution in [0.5, 0.6) is 0 Å². The minimum atomic E-state index is -0.461. The van der Waals surface area contributed by atoms with Crippen molar-refractivity contribution in [3.05, 3.63) is 46.2 Å². The van der Waals surface area contributed by atoms with Crippen molar-refractivity contribution in [2.45, 2.75) is 38.7 Å². The summed E-state index contributed by atoms with van der Waals surface area (Å²) in [6.07, 6.45) is 4.16. The van der Waals surface area contributed by atoms with Gasteiger partial charge in [-0.25, -0.2) is 0 Å². The molecule has 0 unspecified atom stereocenters. The van der Waals surface area contributed by atoms with E-state index in [0.29, 0.717) is 22.5 Å². The van der Waals surface area contributed by atoms with Crippen LogP contribution in [-0.4, -0.2) is 18.7 Å². The van der Waals surface area contributed by atoms with Crippen molar-refractivity contribution >= 4 is 11.6 Å². The van der Waals surface area contributed by atoms with Crippen LogP contribution in [0.15, 0.2) is 22.8 Å². The van der Waals surface area contributed by atoms with Crippen LogP contribution < -0.4 is 0 Å². The largest absolute Gasteiger partial charge is 0.463 e. The fourth-order valence-electron chi connectivity index (χ4n) is 3.95. The predicted molar refractivity (Wildman–Crippen MR) is 84.8 cm³/mol. The Morgan fingerprint density at radius 2 is 1.91 bits per heavy atom. The second kappa shape index (κ2) is 4.65. The van der Waals surface area contributed by atoms with E-state index >= 15 is 0 Å². The van der Waals surface area contributed by atoms with E-state index in [-0.39, 0.29) is 0 Å². The van der Waals surface area contributed by atoms with Crippen LogP contribution in [0.2, 0.25) is 0 Å². The predicted octanol–water partition coefficient (Wildman–Crippen LogP) is 3.83. The van der Waals surface area contributed by atoms with Crippen LogP contribution in [0.4, 0.5) is 0 Å². The molecular weight excluding hydrogens is 292 g/mol. The average Bonchev–Trinajstić information content (AvgIpc) is 2.94. The molecule has 4 heteroatoms. The third kappa shape index (κ3) is 1.75. The van der Waals surface area contributed by atoms with Crippen LogP contribution in [0.25, 0.3) is 11.3 Å². The molecule has 0 aliphatic heterocycles. The summed E-state index contributed by atoms with van der Waals surface area (Å²) in [7, 11) is 1.69. The standard InChI is InChI=1S/C19H18O4/c1-10-9-23-18-12-6-7-13-11(5-4-8-19(13,2)22-3)15(12)17(21)16(20)14(10)18/h6-7,9H,4-5,8H2,1-3H3/t19-/m1/s1. The Hall–Kier alpha value is -2.20. The highest BCUT2D eigenvalue weighted by molar-refractivity contribution is 6.53. The molecule has 0 fully saturated rings. The first kappa shape index (κ1) is 14.4. The lowest BCUT2D eigenvalue weighted by Gasteiger charge is -2.36. The number of ether oxygens (including phenoxy) is 1. The van der Waals surface area contributed by atoms with E-state index in [0.717, 1.165) is 36.0 Å². The van der Waals surface area contributed by atoms with E-state index in [1.54, 1.807) is 20.3 Å². The van der Waals surface area contributed by atoms with Crippen molar-refractivity contribution in [2.75, 3.05) is 7.11 Å². The van der Waals surface area contributed by atoms with Gasteiger partial charge in [0.2, 0.25) is 11.6 Å². The third-order valence-electron chi connectivity index (χ3n) is 5.29. The lowest BCUT2D eigenvalue weighted by Crippen LogP contribution is -2.32. The summed E-state index contributed by atoms with van der Waals surface area (Å²) in [5, 5.41) is 0. The number of hydrogen-bond donors (Lipinski definition) is 0. The van der Waals surface area contributed by atoms with Crippen LogP contribution in [0.1, 0.15) is 57.2 Å². The molecule has 2 aliphatic carbocycles. The Balaban J connectivity index is 2.05. The number of benzene rings is 1. The van der Waals surface area contributed by atoms with Gasteiger partial charge in [0.1, 0.15) is 5.76 Å². The monoisotopic (exact) mass is 310 g/mol. The first-order chi connectivity index (χ1) is 11.0. The fraction of sp³-hybridized carbons (Fsp3) is 0.368. The Morgan fingerprint density at radius 3 is 2.65 bits per heavy atom. The fourth-order valence-corrected chi connectivity index (χ4v) is 3.95. The van der Waals surface area contributed by atoms with Gasteiger partial charge in [-0.15, -0.1) is 0 Å². The summed E-state index contributed by atoms with van der Waals surface area (Å²) in [6.45, 7) is 3.83. The smallest absolute Gasteiger partial charge is 0.237 e. The van der Waals surface area contributed by atoms with Crippen molar-refractivity contribution in [3.8, 4) is 11.3 Å². The third-order valence-corrected chi connectivity index (χ3v) is 5.29. The SMILES string of the molecule is CO[C@]1(C)CCCc2c1ccc1c2C(=O)C(=O)c2c(C)coc2-1. The number of methoxy groups -OCH3 is 1. The number of fused-ring (bicyclic) bond motifs is 5. The molecule has 0 radical (unpaired) electrons. The van der Waals surface area contributed by atoms with Crippen LogP contribution >= 0.6 is 0 Å². The molecule has 2 aliphatic rings. The molecule has 1 aromatic heterocycles. The molecule has 2 aromatic rings. The first-order valence-electron chi connectivity index (χ1n) is 7.87.